The van der Waals surface area contributed by atoms with Gasteiger partial charge in [-0.1, -0.05) is 18.2 Å². The fourth-order valence-electron chi connectivity index (χ4n) is 2.06. The van der Waals surface area contributed by atoms with Crippen LogP contribution in [0.1, 0.15) is 18.5 Å². The van der Waals surface area contributed by atoms with Crippen molar-refractivity contribution < 1.29 is 19.1 Å². The zero-order valence-corrected chi connectivity index (χ0v) is 12.4. The fraction of sp³-hybridized carbons (Fsp3) is 0.400. The molecule has 1 aromatic heterocycles. The summed E-state index contributed by atoms with van der Waals surface area (Å²) in [7, 11) is 1.27. The van der Waals surface area contributed by atoms with E-state index in [9.17, 15) is 9.59 Å². The molecule has 1 atom stereocenters. The number of nitrogens with one attached hydrogen (secondary N) is 2. The Morgan fingerprint density at radius 1 is 1.45 bits per heavy atom. The topological polar surface area (TPSA) is 93.3 Å². The lowest BCUT2D eigenvalue weighted by Crippen LogP contribution is -2.43. The summed E-state index contributed by atoms with van der Waals surface area (Å²) >= 11 is 0. The number of aromatic nitrogens is 2. The highest BCUT2D eigenvalue weighted by Gasteiger charge is 2.23. The highest BCUT2D eigenvalue weighted by Crippen LogP contribution is 2.10. The molecule has 0 saturated carbocycles. The van der Waals surface area contributed by atoms with Crippen LogP contribution in [0.3, 0.4) is 0 Å². The second-order valence-electron chi connectivity index (χ2n) is 4.84. The lowest BCUT2D eigenvalue weighted by molar-refractivity contribution is -0.143. The second kappa shape index (κ2) is 8.02. The molecule has 2 rings (SSSR count). The van der Waals surface area contributed by atoms with Crippen molar-refractivity contribution in [3.05, 3.63) is 42.0 Å². The number of methoxy groups -OCH3 is 1. The maximum absolute atomic E-state index is 11.8. The smallest absolute Gasteiger partial charge is 0.408 e. The number of imidazole rings is 1. The van der Waals surface area contributed by atoms with E-state index >= 15 is 0 Å². The molecule has 1 unspecified atom stereocenters. The zero-order chi connectivity index (χ0) is 15.8. The monoisotopic (exact) mass is 305 g/mol. The maximum atomic E-state index is 11.8. The van der Waals surface area contributed by atoms with E-state index in [4.69, 9.17) is 9.47 Å². The molecule has 118 valence electrons. The molecular weight excluding hydrogens is 286 g/mol. The Labute approximate surface area is 128 Å². The molecule has 2 N–H and O–H groups in total. The highest BCUT2D eigenvalue weighted by molar-refractivity contribution is 5.81. The first-order valence-corrected chi connectivity index (χ1v) is 7.03. The van der Waals surface area contributed by atoms with E-state index < -0.39 is 18.1 Å². The van der Waals surface area contributed by atoms with Crippen LogP contribution in [-0.2, 0) is 20.7 Å². The number of hydrogen-bond donors (Lipinski definition) is 2. The Hall–Kier alpha value is -2.57. The van der Waals surface area contributed by atoms with Gasteiger partial charge < -0.3 is 19.8 Å². The summed E-state index contributed by atoms with van der Waals surface area (Å²) in [5.74, 6) is -0.539. The average molecular weight is 305 g/mol. The molecule has 7 nitrogen and oxygen atoms in total. The number of aromatic amines is 1. The van der Waals surface area contributed by atoms with Crippen molar-refractivity contribution >= 4 is 12.1 Å². The molecular formula is C15H19N3O4. The van der Waals surface area contributed by atoms with Gasteiger partial charge >= 0.3 is 12.1 Å². The Morgan fingerprint density at radius 2 is 2.32 bits per heavy atom. The Balaban J connectivity index is 1.86. The Kier molecular flexibility index (Phi) is 5.76. The molecule has 1 amide bonds. The molecule has 0 aliphatic heterocycles. The first-order chi connectivity index (χ1) is 10.7. The van der Waals surface area contributed by atoms with Gasteiger partial charge in [-0.3, -0.25) is 0 Å². The van der Waals surface area contributed by atoms with Gasteiger partial charge in [-0.25, -0.2) is 14.6 Å². The standard InChI is InChI=1S/C15H19N3O4/c1-21-14(19)13(7-12-8-16-10-17-12)18-15(20)22-9-11-5-3-2-4-6-11/h3,5-6,8,10,13H,2,4,7,9H2,1H3,(H,16,17)(H,18,20). The lowest BCUT2D eigenvalue weighted by Gasteiger charge is -2.16. The highest BCUT2D eigenvalue weighted by atomic mass is 16.6. The third-order valence-electron chi connectivity index (χ3n) is 3.20. The number of carbonyl (C=O) groups excluding carboxylic acids is 2. The number of nitrogens with zero attached hydrogens (tertiary/aromatic N) is 1. The number of allylic oxidation sites excluding steroid dienone is 2. The number of carbonyl (C=O) groups is 2. The van der Waals surface area contributed by atoms with E-state index in [1.807, 2.05) is 18.2 Å². The SMILES string of the molecule is COC(=O)C(Cc1cnc[nH]1)NC(=O)OCC1=CCCC=C1. The van der Waals surface area contributed by atoms with Gasteiger partial charge in [0.15, 0.2) is 0 Å². The summed E-state index contributed by atoms with van der Waals surface area (Å²) in [5, 5.41) is 2.51. The minimum absolute atomic E-state index is 0.181. The van der Waals surface area contributed by atoms with Crippen molar-refractivity contribution in [2.75, 3.05) is 13.7 Å². The summed E-state index contributed by atoms with van der Waals surface area (Å²) in [6, 6.07) is -0.825. The van der Waals surface area contributed by atoms with Crippen LogP contribution in [0.5, 0.6) is 0 Å². The molecule has 0 aromatic carbocycles. The van der Waals surface area contributed by atoms with Gasteiger partial charge in [0.2, 0.25) is 0 Å². The normalized spacial score (nSPS) is 14.9. The summed E-state index contributed by atoms with van der Waals surface area (Å²) < 4.78 is 9.81. The number of ether oxygens (including phenoxy) is 2. The van der Waals surface area contributed by atoms with Crippen LogP contribution in [0.2, 0.25) is 0 Å². The number of esters is 1. The van der Waals surface area contributed by atoms with Gasteiger partial charge in [-0.05, 0) is 18.4 Å². The Bertz CT molecular complexity index is 563. The minimum Gasteiger partial charge on any atom is -0.467 e. The van der Waals surface area contributed by atoms with Crippen LogP contribution >= 0.6 is 0 Å². The number of amides is 1. The van der Waals surface area contributed by atoms with Gasteiger partial charge in [-0.2, -0.15) is 0 Å². The molecule has 0 fully saturated rings. The van der Waals surface area contributed by atoms with E-state index in [2.05, 4.69) is 15.3 Å². The average Bonchev–Trinajstić information content (AvgIpc) is 3.05. The second-order valence-corrected chi connectivity index (χ2v) is 4.84. The van der Waals surface area contributed by atoms with Crippen molar-refractivity contribution in [1.29, 1.82) is 0 Å². The van der Waals surface area contributed by atoms with Crippen LogP contribution in [0.25, 0.3) is 0 Å². The maximum Gasteiger partial charge on any atom is 0.408 e. The zero-order valence-electron chi connectivity index (χ0n) is 12.4. The molecule has 1 aromatic rings. The summed E-state index contributed by atoms with van der Waals surface area (Å²) in [6.45, 7) is 0.181. The summed E-state index contributed by atoms with van der Waals surface area (Å²) in [4.78, 5) is 30.3. The van der Waals surface area contributed by atoms with Gasteiger partial charge in [-0.15, -0.1) is 0 Å². The summed E-state index contributed by atoms with van der Waals surface area (Å²) in [5.41, 5.74) is 1.67. The number of alkyl carbamates (subject to hydrolysis) is 1. The number of hydrogen-bond acceptors (Lipinski definition) is 5. The van der Waals surface area contributed by atoms with Gasteiger partial charge in [0.05, 0.1) is 13.4 Å². The molecule has 0 radical (unpaired) electrons. The van der Waals surface area contributed by atoms with E-state index in [1.165, 1.54) is 13.4 Å². The van der Waals surface area contributed by atoms with Crippen molar-refractivity contribution in [1.82, 2.24) is 15.3 Å². The fourth-order valence-corrected chi connectivity index (χ4v) is 2.06. The van der Waals surface area contributed by atoms with Crippen molar-refractivity contribution in [3.63, 3.8) is 0 Å². The van der Waals surface area contributed by atoms with Gasteiger partial charge in [0.1, 0.15) is 12.6 Å². The molecule has 22 heavy (non-hydrogen) atoms. The molecule has 0 spiro atoms. The number of rotatable bonds is 6. The van der Waals surface area contributed by atoms with E-state index in [-0.39, 0.29) is 13.0 Å². The molecule has 0 bridgehead atoms. The van der Waals surface area contributed by atoms with E-state index in [0.717, 1.165) is 18.4 Å². The predicted molar refractivity (Wildman–Crippen MR) is 79.0 cm³/mol. The quantitative estimate of drug-likeness (QED) is 0.777. The summed E-state index contributed by atoms with van der Waals surface area (Å²) in [6.07, 6.45) is 10.6. The third kappa shape index (κ3) is 4.76. The third-order valence-corrected chi connectivity index (χ3v) is 3.20. The lowest BCUT2D eigenvalue weighted by atomic mass is 10.1. The predicted octanol–water partition coefficient (Wildman–Crippen LogP) is 1.50. The van der Waals surface area contributed by atoms with Crippen molar-refractivity contribution in [2.45, 2.75) is 25.3 Å². The van der Waals surface area contributed by atoms with E-state index in [1.54, 1.807) is 6.20 Å². The first-order valence-electron chi connectivity index (χ1n) is 7.03. The first kappa shape index (κ1) is 15.8. The molecule has 0 saturated heterocycles. The molecule has 1 aliphatic rings. The molecule has 7 heteroatoms. The van der Waals surface area contributed by atoms with Gasteiger partial charge in [0.25, 0.3) is 0 Å². The van der Waals surface area contributed by atoms with Crippen LogP contribution < -0.4 is 5.32 Å². The molecule has 1 aliphatic carbocycles. The van der Waals surface area contributed by atoms with Crippen LogP contribution in [-0.4, -0.2) is 41.8 Å². The van der Waals surface area contributed by atoms with Crippen molar-refractivity contribution in [2.24, 2.45) is 0 Å². The van der Waals surface area contributed by atoms with Crippen LogP contribution in [0.4, 0.5) is 4.79 Å². The Morgan fingerprint density at radius 3 is 2.95 bits per heavy atom. The largest absolute Gasteiger partial charge is 0.467 e. The van der Waals surface area contributed by atoms with Crippen LogP contribution in [0, 0.1) is 0 Å². The van der Waals surface area contributed by atoms with Gasteiger partial charge in [0, 0.05) is 18.3 Å². The van der Waals surface area contributed by atoms with E-state index in [0.29, 0.717) is 5.69 Å². The van der Waals surface area contributed by atoms with Crippen LogP contribution in [0.15, 0.2) is 36.3 Å². The van der Waals surface area contributed by atoms with Crippen molar-refractivity contribution in [3.8, 4) is 0 Å². The number of H-pyrrole nitrogens is 1. The minimum atomic E-state index is -0.825. The molecule has 1 heterocycles.